The number of aryl methyl sites for hydroxylation is 1. The maximum Gasteiger partial charge on any atom is 0.148 e. The number of ether oxygens (including phenoxy) is 1. The van der Waals surface area contributed by atoms with Gasteiger partial charge in [0.2, 0.25) is 0 Å². The molecule has 0 radical (unpaired) electrons. The highest BCUT2D eigenvalue weighted by Crippen LogP contribution is 2.36. The van der Waals surface area contributed by atoms with Crippen LogP contribution in [-0.2, 0) is 12.8 Å². The normalized spacial score (nSPS) is 14.6. The van der Waals surface area contributed by atoms with E-state index in [1.54, 1.807) is 0 Å². The van der Waals surface area contributed by atoms with E-state index in [1.165, 1.54) is 19.2 Å². The molecular weight excluding hydrogens is 253 g/mol. The van der Waals surface area contributed by atoms with Gasteiger partial charge in [-0.1, -0.05) is 11.6 Å². The number of benzene rings is 1. The third kappa shape index (κ3) is 1.74. The molecular formula is C14H13ClFNO. The van der Waals surface area contributed by atoms with E-state index in [0.717, 1.165) is 36.9 Å². The summed E-state index contributed by atoms with van der Waals surface area (Å²) in [5.41, 5.74) is 2.76. The van der Waals surface area contributed by atoms with Crippen molar-refractivity contribution in [2.24, 2.45) is 0 Å². The van der Waals surface area contributed by atoms with Gasteiger partial charge in [-0.2, -0.15) is 0 Å². The third-order valence-corrected chi connectivity index (χ3v) is 3.88. The van der Waals surface area contributed by atoms with Gasteiger partial charge >= 0.3 is 0 Å². The summed E-state index contributed by atoms with van der Waals surface area (Å²) in [4.78, 5) is 4.61. The second kappa shape index (κ2) is 4.39. The van der Waals surface area contributed by atoms with Crippen molar-refractivity contribution in [3.8, 4) is 5.75 Å². The topological polar surface area (TPSA) is 22.1 Å². The van der Waals surface area contributed by atoms with Crippen LogP contribution in [0.3, 0.4) is 0 Å². The van der Waals surface area contributed by atoms with Crippen molar-refractivity contribution in [3.05, 3.63) is 34.2 Å². The summed E-state index contributed by atoms with van der Waals surface area (Å²) in [5.74, 6) is 0.0964. The maximum absolute atomic E-state index is 13.5. The highest BCUT2D eigenvalue weighted by atomic mass is 35.5. The number of nitrogens with zero attached hydrogens (tertiary/aromatic N) is 1. The maximum atomic E-state index is 13.5. The van der Waals surface area contributed by atoms with E-state index in [4.69, 9.17) is 16.3 Å². The number of fused-ring (bicyclic) bond motifs is 2. The second-order valence-corrected chi connectivity index (χ2v) is 4.94. The molecule has 2 aromatic rings. The zero-order valence-corrected chi connectivity index (χ0v) is 10.9. The minimum absolute atomic E-state index is 0.348. The molecule has 0 N–H and O–H groups in total. The minimum Gasteiger partial charge on any atom is -0.494 e. The van der Waals surface area contributed by atoms with Crippen LogP contribution in [0.2, 0.25) is 5.02 Å². The summed E-state index contributed by atoms with van der Waals surface area (Å²) < 4.78 is 18.7. The Balaban J connectivity index is 2.37. The molecule has 0 fully saturated rings. The average Bonchev–Trinajstić information content (AvgIpc) is 2.39. The first-order valence-electron chi connectivity index (χ1n) is 6.05. The molecule has 1 heterocycles. The van der Waals surface area contributed by atoms with Crippen molar-refractivity contribution >= 4 is 22.5 Å². The standard InChI is InChI=1S/C14H13ClFNO/c1-18-12-7-8(16)6-10-13(15)9-4-2-3-5-11(9)17-14(10)12/h6-7H,2-5H2,1H3. The average molecular weight is 266 g/mol. The Morgan fingerprint density at radius 3 is 2.83 bits per heavy atom. The molecule has 0 atom stereocenters. The number of hydrogen-bond donors (Lipinski definition) is 0. The van der Waals surface area contributed by atoms with Crippen LogP contribution >= 0.6 is 11.6 Å². The molecule has 3 rings (SSSR count). The number of aromatic nitrogens is 1. The summed E-state index contributed by atoms with van der Waals surface area (Å²) in [5, 5.41) is 1.28. The lowest BCUT2D eigenvalue weighted by molar-refractivity contribution is 0.415. The molecule has 1 aromatic carbocycles. The molecule has 1 aliphatic rings. The molecule has 18 heavy (non-hydrogen) atoms. The van der Waals surface area contributed by atoms with E-state index in [0.29, 0.717) is 21.7 Å². The highest BCUT2D eigenvalue weighted by Gasteiger charge is 2.19. The van der Waals surface area contributed by atoms with Crippen molar-refractivity contribution in [2.45, 2.75) is 25.7 Å². The molecule has 94 valence electrons. The predicted molar refractivity (Wildman–Crippen MR) is 69.9 cm³/mol. The molecule has 4 heteroatoms. The number of rotatable bonds is 1. The Labute approximate surface area is 110 Å². The van der Waals surface area contributed by atoms with Crippen LogP contribution in [0.15, 0.2) is 12.1 Å². The Morgan fingerprint density at radius 2 is 2.06 bits per heavy atom. The summed E-state index contributed by atoms with van der Waals surface area (Å²) >= 11 is 6.40. The lowest BCUT2D eigenvalue weighted by Crippen LogP contribution is -2.07. The summed E-state index contributed by atoms with van der Waals surface area (Å²) in [6, 6.07) is 2.78. The van der Waals surface area contributed by atoms with Crippen LogP contribution < -0.4 is 4.74 Å². The van der Waals surface area contributed by atoms with Crippen molar-refractivity contribution < 1.29 is 9.13 Å². The van der Waals surface area contributed by atoms with Gasteiger partial charge < -0.3 is 4.74 Å². The van der Waals surface area contributed by atoms with Gasteiger partial charge in [-0.25, -0.2) is 9.37 Å². The molecule has 1 aliphatic carbocycles. The summed E-state index contributed by atoms with van der Waals surface area (Å²) in [6.07, 6.45) is 4.11. The molecule has 0 saturated heterocycles. The van der Waals surface area contributed by atoms with Crippen molar-refractivity contribution in [1.29, 1.82) is 0 Å². The number of halogens is 2. The molecule has 0 unspecified atom stereocenters. The molecule has 2 nitrogen and oxygen atoms in total. The van der Waals surface area contributed by atoms with E-state index in [1.807, 2.05) is 0 Å². The van der Waals surface area contributed by atoms with Gasteiger partial charge in [-0.3, -0.25) is 0 Å². The van der Waals surface area contributed by atoms with Gasteiger partial charge in [0.25, 0.3) is 0 Å². The predicted octanol–water partition coefficient (Wildman–Crippen LogP) is 3.91. The monoisotopic (exact) mass is 265 g/mol. The Hall–Kier alpha value is -1.35. The molecule has 0 bridgehead atoms. The van der Waals surface area contributed by atoms with Crippen LogP contribution in [0.5, 0.6) is 5.75 Å². The molecule has 0 aliphatic heterocycles. The van der Waals surface area contributed by atoms with E-state index in [-0.39, 0.29) is 5.82 Å². The minimum atomic E-state index is -0.348. The van der Waals surface area contributed by atoms with E-state index >= 15 is 0 Å². The fraction of sp³-hybridized carbons (Fsp3) is 0.357. The second-order valence-electron chi connectivity index (χ2n) is 4.56. The summed E-state index contributed by atoms with van der Waals surface area (Å²) in [7, 11) is 1.52. The van der Waals surface area contributed by atoms with Crippen LogP contribution in [0, 0.1) is 5.82 Å². The van der Waals surface area contributed by atoms with Crippen LogP contribution in [0.25, 0.3) is 10.9 Å². The first-order valence-corrected chi connectivity index (χ1v) is 6.43. The van der Waals surface area contributed by atoms with Crippen LogP contribution in [-0.4, -0.2) is 12.1 Å². The quantitative estimate of drug-likeness (QED) is 0.780. The molecule has 1 aromatic heterocycles. The van der Waals surface area contributed by atoms with Gasteiger partial charge in [0, 0.05) is 17.1 Å². The zero-order chi connectivity index (χ0) is 12.7. The van der Waals surface area contributed by atoms with Gasteiger partial charge in [-0.05, 0) is 37.3 Å². The first-order chi connectivity index (χ1) is 8.70. The number of methoxy groups -OCH3 is 1. The Bertz CT molecular complexity index is 627. The molecule has 0 saturated carbocycles. The fourth-order valence-electron chi connectivity index (χ4n) is 2.56. The molecule has 0 spiro atoms. The van der Waals surface area contributed by atoms with Gasteiger partial charge in [0.15, 0.2) is 0 Å². The van der Waals surface area contributed by atoms with Crippen molar-refractivity contribution in [1.82, 2.24) is 4.98 Å². The number of pyridine rings is 1. The van der Waals surface area contributed by atoms with Crippen molar-refractivity contribution in [3.63, 3.8) is 0 Å². The highest BCUT2D eigenvalue weighted by molar-refractivity contribution is 6.36. The van der Waals surface area contributed by atoms with Crippen molar-refractivity contribution in [2.75, 3.05) is 7.11 Å². The SMILES string of the molecule is COc1cc(F)cc2c(Cl)c3c(nc12)CCCC3. The number of hydrogen-bond acceptors (Lipinski definition) is 2. The summed E-state index contributed by atoms with van der Waals surface area (Å²) in [6.45, 7) is 0. The Kier molecular flexibility index (Phi) is 2.86. The van der Waals surface area contributed by atoms with Gasteiger partial charge in [0.1, 0.15) is 17.1 Å². The van der Waals surface area contributed by atoms with E-state index in [2.05, 4.69) is 4.98 Å². The largest absolute Gasteiger partial charge is 0.494 e. The van der Waals surface area contributed by atoms with Crippen LogP contribution in [0.1, 0.15) is 24.1 Å². The molecule has 0 amide bonds. The third-order valence-electron chi connectivity index (χ3n) is 3.45. The zero-order valence-electron chi connectivity index (χ0n) is 10.1. The lowest BCUT2D eigenvalue weighted by Gasteiger charge is -2.18. The Morgan fingerprint density at radius 1 is 1.28 bits per heavy atom. The van der Waals surface area contributed by atoms with Gasteiger partial charge in [0.05, 0.1) is 12.1 Å². The fourth-order valence-corrected chi connectivity index (χ4v) is 2.91. The van der Waals surface area contributed by atoms with E-state index < -0.39 is 0 Å². The first kappa shape index (κ1) is 11.7. The smallest absolute Gasteiger partial charge is 0.148 e. The van der Waals surface area contributed by atoms with Gasteiger partial charge in [-0.15, -0.1) is 0 Å². The lowest BCUT2D eigenvalue weighted by atomic mass is 9.94. The van der Waals surface area contributed by atoms with Crippen LogP contribution in [0.4, 0.5) is 4.39 Å². The van der Waals surface area contributed by atoms with E-state index in [9.17, 15) is 4.39 Å².